The molecule has 10 heavy (non-hydrogen) atoms. The molecule has 1 fully saturated rings. The van der Waals surface area contributed by atoms with Crippen molar-refractivity contribution in [1.29, 1.82) is 0 Å². The molecule has 1 saturated heterocycles. The van der Waals surface area contributed by atoms with Crippen LogP contribution in [0.15, 0.2) is 0 Å². The van der Waals surface area contributed by atoms with Crippen LogP contribution in [0.2, 0.25) is 0 Å². The minimum atomic E-state index is -0.221. The van der Waals surface area contributed by atoms with E-state index in [0.717, 1.165) is 26.2 Å². The number of carbonyl (C=O) groups is 1. The maximum absolute atomic E-state index is 10.8. The lowest BCUT2D eigenvalue weighted by atomic mass is 10.3. The van der Waals surface area contributed by atoms with Gasteiger partial charge in [0.15, 0.2) is 0 Å². The number of urea groups is 1. The molecule has 0 aromatic rings. The van der Waals surface area contributed by atoms with Gasteiger partial charge in [0.2, 0.25) is 0 Å². The standard InChI is InChI=1S/C6H13N3O/c1-9(6(7)10)4-2-8-3-5-9/h8H,2-5H2,1H3,(H-,7,10)/p+1. The molecule has 1 aliphatic rings. The van der Waals surface area contributed by atoms with Crippen molar-refractivity contribution in [3.05, 3.63) is 0 Å². The Bertz CT molecular complexity index is 140. The molecule has 0 aliphatic carbocycles. The first-order valence-corrected chi connectivity index (χ1v) is 3.50. The van der Waals surface area contributed by atoms with Gasteiger partial charge in [0.25, 0.3) is 0 Å². The van der Waals surface area contributed by atoms with Gasteiger partial charge in [0.1, 0.15) is 0 Å². The van der Waals surface area contributed by atoms with Crippen molar-refractivity contribution in [3.63, 3.8) is 0 Å². The van der Waals surface area contributed by atoms with Crippen molar-refractivity contribution in [3.8, 4) is 0 Å². The largest absolute Gasteiger partial charge is 0.413 e. The van der Waals surface area contributed by atoms with E-state index >= 15 is 0 Å². The van der Waals surface area contributed by atoms with E-state index in [1.54, 1.807) is 0 Å². The van der Waals surface area contributed by atoms with Crippen LogP contribution >= 0.6 is 0 Å². The van der Waals surface area contributed by atoms with E-state index < -0.39 is 0 Å². The van der Waals surface area contributed by atoms with Gasteiger partial charge < -0.3 is 11.1 Å². The molecule has 58 valence electrons. The average Bonchev–Trinajstić information content (AvgIpc) is 1.89. The summed E-state index contributed by atoms with van der Waals surface area (Å²) >= 11 is 0. The highest BCUT2D eigenvalue weighted by atomic mass is 16.2. The van der Waals surface area contributed by atoms with Crippen molar-refractivity contribution in [2.24, 2.45) is 5.73 Å². The molecule has 0 atom stereocenters. The number of hydrogen-bond acceptors (Lipinski definition) is 2. The van der Waals surface area contributed by atoms with Gasteiger partial charge in [-0.3, -0.25) is 0 Å². The average molecular weight is 144 g/mol. The number of likely N-dealkylation sites (N-methyl/N-ethyl adjacent to an activating group) is 1. The summed E-state index contributed by atoms with van der Waals surface area (Å²) in [4.78, 5) is 10.8. The van der Waals surface area contributed by atoms with E-state index in [9.17, 15) is 4.79 Å². The highest BCUT2D eigenvalue weighted by Gasteiger charge is 2.30. The maximum atomic E-state index is 10.8. The molecular weight excluding hydrogens is 130 g/mol. The van der Waals surface area contributed by atoms with Gasteiger partial charge in [0.05, 0.1) is 20.1 Å². The number of primary amides is 1. The molecule has 0 radical (unpaired) electrons. The molecule has 4 nitrogen and oxygen atoms in total. The van der Waals surface area contributed by atoms with Gasteiger partial charge in [-0.15, -0.1) is 0 Å². The molecule has 0 bridgehead atoms. The summed E-state index contributed by atoms with van der Waals surface area (Å²) in [6, 6.07) is -0.221. The lowest BCUT2D eigenvalue weighted by Crippen LogP contribution is -2.61. The molecule has 2 amide bonds. The van der Waals surface area contributed by atoms with E-state index in [1.165, 1.54) is 0 Å². The number of nitrogens with two attached hydrogens (primary N) is 1. The van der Waals surface area contributed by atoms with Crippen molar-refractivity contribution in [2.45, 2.75) is 0 Å². The zero-order valence-electron chi connectivity index (χ0n) is 6.26. The third kappa shape index (κ3) is 1.27. The van der Waals surface area contributed by atoms with Crippen molar-refractivity contribution < 1.29 is 9.28 Å². The number of piperazine rings is 1. The normalized spacial score (nSPS) is 24.1. The number of hydrogen-bond donors (Lipinski definition) is 2. The summed E-state index contributed by atoms with van der Waals surface area (Å²) in [7, 11) is 1.88. The second kappa shape index (κ2) is 2.56. The van der Waals surface area contributed by atoms with Crippen LogP contribution in [-0.4, -0.2) is 43.7 Å². The predicted molar refractivity (Wildman–Crippen MR) is 38.4 cm³/mol. The third-order valence-electron chi connectivity index (χ3n) is 2.10. The van der Waals surface area contributed by atoms with E-state index in [2.05, 4.69) is 5.32 Å². The van der Waals surface area contributed by atoms with Crippen molar-refractivity contribution in [2.75, 3.05) is 33.2 Å². The first-order chi connectivity index (χ1) is 4.65. The van der Waals surface area contributed by atoms with Crippen molar-refractivity contribution in [1.82, 2.24) is 5.32 Å². The van der Waals surface area contributed by atoms with E-state index in [1.807, 2.05) is 7.05 Å². The van der Waals surface area contributed by atoms with Crippen LogP contribution < -0.4 is 11.1 Å². The van der Waals surface area contributed by atoms with Crippen LogP contribution in [0, 0.1) is 0 Å². The van der Waals surface area contributed by atoms with Gasteiger partial charge in [-0.25, -0.2) is 9.28 Å². The maximum Gasteiger partial charge on any atom is 0.413 e. The summed E-state index contributed by atoms with van der Waals surface area (Å²) in [5.74, 6) is 0. The lowest BCUT2D eigenvalue weighted by molar-refractivity contribution is -0.831. The molecule has 1 heterocycles. The van der Waals surface area contributed by atoms with E-state index in [4.69, 9.17) is 5.73 Å². The van der Waals surface area contributed by atoms with Gasteiger partial charge >= 0.3 is 6.03 Å². The Morgan fingerprint density at radius 3 is 2.30 bits per heavy atom. The summed E-state index contributed by atoms with van der Waals surface area (Å²) < 4.78 is 0.382. The summed E-state index contributed by atoms with van der Waals surface area (Å²) in [5.41, 5.74) is 5.21. The Kier molecular flexibility index (Phi) is 1.92. The first-order valence-electron chi connectivity index (χ1n) is 3.50. The summed E-state index contributed by atoms with van der Waals surface area (Å²) in [5, 5.41) is 3.17. The number of amides is 2. The minimum absolute atomic E-state index is 0.221. The van der Waals surface area contributed by atoms with E-state index in [-0.39, 0.29) is 6.03 Å². The van der Waals surface area contributed by atoms with E-state index in [0.29, 0.717) is 4.48 Å². The van der Waals surface area contributed by atoms with Crippen LogP contribution in [0.25, 0.3) is 0 Å². The minimum Gasteiger partial charge on any atom is -0.319 e. The molecule has 0 unspecified atom stereocenters. The second-order valence-electron chi connectivity index (χ2n) is 2.93. The van der Waals surface area contributed by atoms with Gasteiger partial charge in [-0.2, -0.15) is 0 Å². The zero-order valence-corrected chi connectivity index (χ0v) is 6.26. The summed E-state index contributed by atoms with van der Waals surface area (Å²) in [6.07, 6.45) is 0. The highest BCUT2D eigenvalue weighted by molar-refractivity contribution is 5.64. The smallest absolute Gasteiger partial charge is 0.319 e. The Balaban J connectivity index is 2.56. The van der Waals surface area contributed by atoms with Gasteiger partial charge in [-0.05, 0) is 0 Å². The summed E-state index contributed by atoms with van der Waals surface area (Å²) in [6.45, 7) is 3.41. The Morgan fingerprint density at radius 1 is 1.50 bits per heavy atom. The zero-order chi connectivity index (χ0) is 7.61. The van der Waals surface area contributed by atoms with Crippen molar-refractivity contribution >= 4 is 6.03 Å². The number of quaternary nitrogens is 1. The van der Waals surface area contributed by atoms with Gasteiger partial charge in [0, 0.05) is 13.1 Å². The number of nitrogens with zero attached hydrogens (tertiary/aromatic N) is 1. The van der Waals surface area contributed by atoms with Crippen LogP contribution in [0.1, 0.15) is 0 Å². The monoisotopic (exact) mass is 144 g/mol. The molecule has 1 rings (SSSR count). The highest BCUT2D eigenvalue weighted by Crippen LogP contribution is 2.02. The lowest BCUT2D eigenvalue weighted by Gasteiger charge is -2.33. The van der Waals surface area contributed by atoms with Crippen LogP contribution in [-0.2, 0) is 0 Å². The molecular formula is C6H14N3O+. The molecule has 0 aromatic heterocycles. The Hall–Kier alpha value is -0.610. The molecule has 1 aliphatic heterocycles. The number of rotatable bonds is 0. The SMILES string of the molecule is C[N+]1(C(N)=O)CCNCC1. The van der Waals surface area contributed by atoms with Crippen LogP contribution in [0.4, 0.5) is 4.79 Å². The fourth-order valence-corrected chi connectivity index (χ4v) is 1.11. The topological polar surface area (TPSA) is 55.1 Å². The predicted octanol–water partition coefficient (Wildman–Crippen LogP) is -0.885. The Morgan fingerprint density at radius 2 is 2.00 bits per heavy atom. The quantitative estimate of drug-likeness (QED) is 0.433. The molecule has 4 heteroatoms. The second-order valence-corrected chi connectivity index (χ2v) is 2.93. The first kappa shape index (κ1) is 7.50. The van der Waals surface area contributed by atoms with Crippen LogP contribution in [0.3, 0.4) is 0 Å². The Labute approximate surface area is 60.6 Å². The fourth-order valence-electron chi connectivity index (χ4n) is 1.11. The number of carbonyl (C=O) groups excluding carboxylic acids is 1. The number of nitrogens with one attached hydrogen (secondary N) is 1. The molecule has 0 aromatic carbocycles. The van der Waals surface area contributed by atoms with Crippen LogP contribution in [0.5, 0.6) is 0 Å². The third-order valence-corrected chi connectivity index (χ3v) is 2.10. The molecule has 0 spiro atoms. The molecule has 0 saturated carbocycles. The fraction of sp³-hybridized carbons (Fsp3) is 0.833. The molecule has 3 N–H and O–H groups in total. The van der Waals surface area contributed by atoms with Gasteiger partial charge in [-0.1, -0.05) is 0 Å².